The van der Waals surface area contributed by atoms with Crippen LogP contribution in [0.2, 0.25) is 0 Å². The number of carbonyl (C=O) groups is 1. The Morgan fingerprint density at radius 2 is 2.19 bits per heavy atom. The summed E-state index contributed by atoms with van der Waals surface area (Å²) in [6, 6.07) is 8.42. The third-order valence-electron chi connectivity index (χ3n) is 5.09. The number of carbonyl (C=O) groups excluding carboxylic acids is 1. The molecule has 0 fully saturated rings. The zero-order valence-corrected chi connectivity index (χ0v) is 17.7. The molecule has 26 heavy (non-hydrogen) atoms. The lowest BCUT2D eigenvalue weighted by atomic mass is 9.85. The average Bonchev–Trinajstić information content (AvgIpc) is 3.03. The molecule has 1 atom stereocenters. The van der Waals surface area contributed by atoms with Crippen LogP contribution in [-0.2, 0) is 21.5 Å². The smallest absolute Gasteiger partial charge is 0.330 e. The molecular formula is C21H25IN2O2. The van der Waals surface area contributed by atoms with Crippen LogP contribution in [0.5, 0.6) is 0 Å². The van der Waals surface area contributed by atoms with E-state index in [1.807, 2.05) is 13.0 Å². The number of ether oxygens (including phenoxy) is 1. The van der Waals surface area contributed by atoms with Crippen LogP contribution in [0.15, 0.2) is 46.1 Å². The highest BCUT2D eigenvalue weighted by molar-refractivity contribution is 14.1. The molecule has 0 saturated heterocycles. The molecule has 1 aromatic heterocycles. The van der Waals surface area contributed by atoms with Gasteiger partial charge in [0.05, 0.1) is 12.1 Å². The van der Waals surface area contributed by atoms with Gasteiger partial charge in [0.2, 0.25) is 0 Å². The Bertz CT molecular complexity index is 868. The molecule has 5 heteroatoms. The second-order valence-corrected chi connectivity index (χ2v) is 8.05. The summed E-state index contributed by atoms with van der Waals surface area (Å²) >= 11 is 2.39. The van der Waals surface area contributed by atoms with Crippen molar-refractivity contribution in [2.24, 2.45) is 0 Å². The van der Waals surface area contributed by atoms with Crippen molar-refractivity contribution in [1.82, 2.24) is 9.88 Å². The van der Waals surface area contributed by atoms with E-state index in [0.717, 1.165) is 25.0 Å². The molecule has 0 amide bonds. The third kappa shape index (κ3) is 3.60. The standard InChI is InChI=1S/C21H25IN2O2/c1-4-15(22)14-24-13-11-17-16-8-6-7-9-18(16)23-20(17)21(24,3)12-10-19(25)26-5-2/h4,6-10,12,23H,5,11,13-14H2,1-3H3/b12-10+,15-4-. The minimum Gasteiger partial charge on any atom is -0.463 e. The van der Waals surface area contributed by atoms with Gasteiger partial charge in [0.1, 0.15) is 0 Å². The summed E-state index contributed by atoms with van der Waals surface area (Å²) in [5, 5.41) is 1.28. The van der Waals surface area contributed by atoms with Crippen molar-refractivity contribution in [2.45, 2.75) is 32.7 Å². The number of rotatable bonds is 5. The van der Waals surface area contributed by atoms with Gasteiger partial charge in [-0.3, -0.25) is 4.90 Å². The fourth-order valence-electron chi connectivity index (χ4n) is 3.66. The number of nitrogens with one attached hydrogen (secondary N) is 1. The summed E-state index contributed by atoms with van der Waals surface area (Å²) in [4.78, 5) is 18.0. The van der Waals surface area contributed by atoms with Gasteiger partial charge in [-0.1, -0.05) is 30.4 Å². The van der Waals surface area contributed by atoms with E-state index in [1.54, 1.807) is 6.08 Å². The van der Waals surface area contributed by atoms with Crippen LogP contribution in [0, 0.1) is 0 Å². The Kier molecular flexibility index (Phi) is 5.87. The lowest BCUT2D eigenvalue weighted by molar-refractivity contribution is -0.137. The second-order valence-electron chi connectivity index (χ2n) is 6.66. The normalized spacial score (nSPS) is 21.3. The van der Waals surface area contributed by atoms with E-state index in [-0.39, 0.29) is 5.97 Å². The Balaban J connectivity index is 2.08. The van der Waals surface area contributed by atoms with Crippen molar-refractivity contribution in [3.63, 3.8) is 0 Å². The van der Waals surface area contributed by atoms with Crippen molar-refractivity contribution in [1.29, 1.82) is 0 Å². The molecule has 1 N–H and O–H groups in total. The molecule has 0 saturated carbocycles. The molecule has 138 valence electrons. The van der Waals surface area contributed by atoms with Gasteiger partial charge >= 0.3 is 5.97 Å². The minimum absolute atomic E-state index is 0.294. The number of allylic oxidation sites excluding steroid dienone is 1. The van der Waals surface area contributed by atoms with E-state index in [9.17, 15) is 4.79 Å². The second kappa shape index (κ2) is 7.96. The molecule has 3 rings (SSSR count). The molecule has 0 aliphatic carbocycles. The molecule has 1 aliphatic rings. The van der Waals surface area contributed by atoms with Gasteiger partial charge in [-0.05, 0) is 61.4 Å². The zero-order chi connectivity index (χ0) is 18.7. The highest BCUT2D eigenvalue weighted by Crippen LogP contribution is 2.40. The number of esters is 1. The number of hydrogen-bond donors (Lipinski definition) is 1. The summed E-state index contributed by atoms with van der Waals surface area (Å²) < 4.78 is 6.38. The van der Waals surface area contributed by atoms with E-state index in [2.05, 4.69) is 76.7 Å². The predicted molar refractivity (Wildman–Crippen MR) is 114 cm³/mol. The summed E-state index contributed by atoms with van der Waals surface area (Å²) in [5.41, 5.74) is 3.28. The Hall–Kier alpha value is -1.60. The van der Waals surface area contributed by atoms with E-state index >= 15 is 0 Å². The maximum absolute atomic E-state index is 11.9. The molecule has 1 unspecified atom stereocenters. The summed E-state index contributed by atoms with van der Waals surface area (Å²) in [6.45, 7) is 8.25. The van der Waals surface area contributed by atoms with Crippen molar-refractivity contribution in [3.8, 4) is 0 Å². The first-order chi connectivity index (χ1) is 12.5. The van der Waals surface area contributed by atoms with Gasteiger partial charge < -0.3 is 9.72 Å². The van der Waals surface area contributed by atoms with Crippen molar-refractivity contribution in [3.05, 3.63) is 57.3 Å². The monoisotopic (exact) mass is 464 g/mol. The van der Waals surface area contributed by atoms with Crippen LogP contribution in [0.3, 0.4) is 0 Å². The maximum atomic E-state index is 11.9. The number of H-pyrrole nitrogens is 1. The van der Waals surface area contributed by atoms with E-state index in [1.165, 1.54) is 20.2 Å². The molecule has 1 aromatic carbocycles. The third-order valence-corrected chi connectivity index (χ3v) is 6.06. The summed E-state index contributed by atoms with van der Waals surface area (Å²) in [6.07, 6.45) is 6.68. The summed E-state index contributed by atoms with van der Waals surface area (Å²) in [7, 11) is 0. The molecule has 4 nitrogen and oxygen atoms in total. The predicted octanol–water partition coefficient (Wildman–Crippen LogP) is 4.70. The maximum Gasteiger partial charge on any atom is 0.330 e. The van der Waals surface area contributed by atoms with Crippen molar-refractivity contribution < 1.29 is 9.53 Å². The van der Waals surface area contributed by atoms with Gasteiger partial charge in [0.25, 0.3) is 0 Å². The quantitative estimate of drug-likeness (QED) is 0.397. The van der Waals surface area contributed by atoms with Gasteiger partial charge in [-0.25, -0.2) is 4.79 Å². The Morgan fingerprint density at radius 1 is 1.42 bits per heavy atom. The van der Waals surface area contributed by atoms with Crippen LogP contribution >= 0.6 is 22.6 Å². The topological polar surface area (TPSA) is 45.3 Å². The van der Waals surface area contributed by atoms with Crippen LogP contribution in [0.1, 0.15) is 32.0 Å². The summed E-state index contributed by atoms with van der Waals surface area (Å²) in [5.74, 6) is -0.294. The number of hydrogen-bond acceptors (Lipinski definition) is 3. The van der Waals surface area contributed by atoms with Gasteiger partial charge in [0.15, 0.2) is 0 Å². The number of para-hydroxylation sites is 1. The highest BCUT2D eigenvalue weighted by atomic mass is 127. The van der Waals surface area contributed by atoms with Crippen LogP contribution in [0.25, 0.3) is 10.9 Å². The number of nitrogens with zero attached hydrogens (tertiary/aromatic N) is 1. The molecule has 2 aromatic rings. The van der Waals surface area contributed by atoms with Crippen molar-refractivity contribution >= 4 is 39.5 Å². The Labute approximate surface area is 168 Å². The number of halogens is 1. The van der Waals surface area contributed by atoms with Crippen LogP contribution in [-0.4, -0.2) is 35.5 Å². The van der Waals surface area contributed by atoms with Crippen LogP contribution in [0.4, 0.5) is 0 Å². The van der Waals surface area contributed by atoms with Crippen LogP contribution < -0.4 is 0 Å². The minimum atomic E-state index is -0.390. The molecule has 0 radical (unpaired) electrons. The van der Waals surface area contributed by atoms with E-state index < -0.39 is 5.54 Å². The fraction of sp³-hybridized carbons (Fsp3) is 0.381. The zero-order valence-electron chi connectivity index (χ0n) is 15.5. The highest BCUT2D eigenvalue weighted by Gasteiger charge is 2.39. The average molecular weight is 464 g/mol. The SMILES string of the molecule is C/C=C(\I)CN1CCc2c([nH]c3ccccc23)C1(C)/C=C/C(=O)OCC. The largest absolute Gasteiger partial charge is 0.463 e. The molecule has 0 bridgehead atoms. The first-order valence-corrected chi connectivity index (χ1v) is 10.1. The molecular weight excluding hydrogens is 439 g/mol. The number of aromatic amines is 1. The lowest BCUT2D eigenvalue weighted by Crippen LogP contribution is -2.48. The van der Waals surface area contributed by atoms with Gasteiger partial charge in [-0.2, -0.15) is 0 Å². The number of benzene rings is 1. The number of fused-ring (bicyclic) bond motifs is 3. The van der Waals surface area contributed by atoms with Gasteiger partial charge in [-0.15, -0.1) is 0 Å². The lowest BCUT2D eigenvalue weighted by Gasteiger charge is -2.43. The van der Waals surface area contributed by atoms with Crippen molar-refractivity contribution in [2.75, 3.05) is 19.7 Å². The number of aromatic nitrogens is 1. The molecule has 1 aliphatic heterocycles. The Morgan fingerprint density at radius 3 is 2.92 bits per heavy atom. The molecule has 0 spiro atoms. The first-order valence-electron chi connectivity index (χ1n) is 9.01. The fourth-order valence-corrected chi connectivity index (χ4v) is 4.07. The van der Waals surface area contributed by atoms with E-state index in [0.29, 0.717) is 6.61 Å². The van der Waals surface area contributed by atoms with Gasteiger partial charge in [0, 0.05) is 39.3 Å². The van der Waals surface area contributed by atoms with E-state index in [4.69, 9.17) is 4.74 Å². The first kappa shape index (κ1) is 19.2. The molecule has 2 heterocycles.